The lowest BCUT2D eigenvalue weighted by Crippen LogP contribution is -2.24. The highest BCUT2D eigenvalue weighted by Crippen LogP contribution is 2.16. The molecule has 21 heavy (non-hydrogen) atoms. The summed E-state index contributed by atoms with van der Waals surface area (Å²) in [6.45, 7) is 4.62. The third kappa shape index (κ3) is 2.80. The maximum Gasteiger partial charge on any atom is 0.246 e. The van der Waals surface area contributed by atoms with Gasteiger partial charge < -0.3 is 14.4 Å². The van der Waals surface area contributed by atoms with Gasteiger partial charge in [-0.1, -0.05) is 17.3 Å². The summed E-state index contributed by atoms with van der Waals surface area (Å²) in [6, 6.07) is 8.38. The molecule has 2 heterocycles. The summed E-state index contributed by atoms with van der Waals surface area (Å²) >= 11 is 0. The van der Waals surface area contributed by atoms with Crippen LogP contribution in [0.25, 0.3) is 11.0 Å². The smallest absolute Gasteiger partial charge is 0.246 e. The van der Waals surface area contributed by atoms with Gasteiger partial charge in [-0.15, -0.1) is 0 Å². The van der Waals surface area contributed by atoms with Crippen LogP contribution in [0.15, 0.2) is 28.8 Å². The minimum Gasteiger partial charge on any atom is -0.337 e. The van der Waals surface area contributed by atoms with Crippen molar-refractivity contribution in [3.05, 3.63) is 41.8 Å². The van der Waals surface area contributed by atoms with Gasteiger partial charge in [0.2, 0.25) is 5.89 Å². The number of imidazole rings is 1. The van der Waals surface area contributed by atoms with E-state index in [-0.39, 0.29) is 0 Å². The normalized spacial score (nSPS) is 12.9. The van der Waals surface area contributed by atoms with Gasteiger partial charge in [-0.25, -0.2) is 4.98 Å². The second kappa shape index (κ2) is 5.65. The number of para-hydroxylation sites is 2. The molecule has 1 atom stereocenters. The average Bonchev–Trinajstić information content (AvgIpc) is 3.04. The molecule has 6 nitrogen and oxygen atoms in total. The van der Waals surface area contributed by atoms with Crippen LogP contribution in [0.1, 0.15) is 24.5 Å². The fourth-order valence-electron chi connectivity index (χ4n) is 2.34. The number of hydrogen-bond donors (Lipinski definition) is 1. The average molecular weight is 285 g/mol. The number of nitrogens with one attached hydrogen (secondary N) is 1. The van der Waals surface area contributed by atoms with E-state index in [0.717, 1.165) is 29.1 Å². The zero-order chi connectivity index (χ0) is 14.8. The van der Waals surface area contributed by atoms with Gasteiger partial charge in [0.25, 0.3) is 0 Å². The highest BCUT2D eigenvalue weighted by Gasteiger charge is 2.13. The van der Waals surface area contributed by atoms with E-state index in [4.69, 9.17) is 4.52 Å². The van der Waals surface area contributed by atoms with Crippen molar-refractivity contribution in [3.8, 4) is 0 Å². The van der Waals surface area contributed by atoms with Crippen LogP contribution >= 0.6 is 0 Å². The first-order valence-electron chi connectivity index (χ1n) is 7.08. The van der Waals surface area contributed by atoms with Crippen LogP contribution < -0.4 is 5.32 Å². The van der Waals surface area contributed by atoms with Crippen molar-refractivity contribution in [3.63, 3.8) is 0 Å². The van der Waals surface area contributed by atoms with Crippen LogP contribution in [0.5, 0.6) is 0 Å². The summed E-state index contributed by atoms with van der Waals surface area (Å²) in [5, 5.41) is 7.20. The van der Waals surface area contributed by atoms with Gasteiger partial charge >= 0.3 is 0 Å². The molecule has 3 rings (SSSR count). The fourth-order valence-corrected chi connectivity index (χ4v) is 2.34. The first-order chi connectivity index (χ1) is 10.2. The van der Waals surface area contributed by atoms with Crippen molar-refractivity contribution in [2.24, 2.45) is 0 Å². The molecule has 6 heteroatoms. The molecule has 0 fully saturated rings. The number of benzene rings is 1. The molecular weight excluding hydrogens is 266 g/mol. The number of rotatable bonds is 5. The number of hydrogen-bond acceptors (Lipinski definition) is 5. The van der Waals surface area contributed by atoms with Gasteiger partial charge in [-0.3, -0.25) is 0 Å². The minimum absolute atomic E-state index is 0.325. The van der Waals surface area contributed by atoms with Crippen molar-refractivity contribution < 1.29 is 4.52 Å². The van der Waals surface area contributed by atoms with E-state index < -0.39 is 0 Å². The summed E-state index contributed by atoms with van der Waals surface area (Å²) < 4.78 is 7.44. The summed E-state index contributed by atoms with van der Waals surface area (Å²) in [6.07, 6.45) is 0.754. The van der Waals surface area contributed by atoms with E-state index in [0.29, 0.717) is 18.5 Å². The molecule has 0 bridgehead atoms. The molecule has 2 aromatic heterocycles. The fraction of sp³-hybridized carbons (Fsp3) is 0.400. The van der Waals surface area contributed by atoms with Crippen molar-refractivity contribution in [1.82, 2.24) is 25.0 Å². The number of aromatic nitrogens is 4. The Labute approximate surface area is 123 Å². The van der Waals surface area contributed by atoms with E-state index in [2.05, 4.69) is 38.0 Å². The molecule has 1 aromatic carbocycles. The van der Waals surface area contributed by atoms with Crippen LogP contribution in [-0.2, 0) is 13.0 Å². The first-order valence-corrected chi connectivity index (χ1v) is 7.08. The van der Waals surface area contributed by atoms with E-state index >= 15 is 0 Å². The van der Waals surface area contributed by atoms with E-state index in [9.17, 15) is 0 Å². The zero-order valence-corrected chi connectivity index (χ0v) is 12.5. The molecule has 1 N–H and O–H groups in total. The molecule has 1 unspecified atom stereocenters. The number of aryl methyl sites for hydroxylation is 1. The van der Waals surface area contributed by atoms with Gasteiger partial charge in [0.15, 0.2) is 5.82 Å². The highest BCUT2D eigenvalue weighted by atomic mass is 16.5. The number of fused-ring (bicyclic) bond motifs is 1. The van der Waals surface area contributed by atoms with Gasteiger partial charge in [0, 0.05) is 12.5 Å². The Kier molecular flexibility index (Phi) is 3.70. The van der Waals surface area contributed by atoms with Crippen LogP contribution in [0.3, 0.4) is 0 Å². The number of nitrogens with zero attached hydrogens (tertiary/aromatic N) is 4. The topological polar surface area (TPSA) is 68.8 Å². The lowest BCUT2D eigenvalue weighted by Gasteiger charge is -2.05. The SMILES string of the molecule is CNC(C)Cc1noc(Cn2c(C)nc3ccccc32)n1. The molecule has 3 aromatic rings. The number of likely N-dealkylation sites (N-methyl/N-ethyl adjacent to an activating group) is 1. The van der Waals surface area contributed by atoms with Crippen LogP contribution in [0.4, 0.5) is 0 Å². The lowest BCUT2D eigenvalue weighted by atomic mass is 10.2. The lowest BCUT2D eigenvalue weighted by molar-refractivity contribution is 0.365. The second-order valence-electron chi connectivity index (χ2n) is 5.23. The van der Waals surface area contributed by atoms with Crippen LogP contribution in [-0.4, -0.2) is 32.8 Å². The molecule has 0 saturated heterocycles. The molecule has 0 aliphatic heterocycles. The molecule has 0 saturated carbocycles. The minimum atomic E-state index is 0.325. The Bertz CT molecular complexity index is 745. The zero-order valence-electron chi connectivity index (χ0n) is 12.5. The Morgan fingerprint density at radius 2 is 2.10 bits per heavy atom. The Morgan fingerprint density at radius 3 is 2.90 bits per heavy atom. The standard InChI is InChI=1S/C15H19N5O/c1-10(16-3)8-14-18-15(21-19-14)9-20-11(2)17-12-6-4-5-7-13(12)20/h4-7,10,16H,8-9H2,1-3H3. The van der Waals surface area contributed by atoms with Crippen molar-refractivity contribution >= 4 is 11.0 Å². The van der Waals surface area contributed by atoms with Gasteiger partial charge in [0.1, 0.15) is 12.4 Å². The quantitative estimate of drug-likeness (QED) is 0.775. The first kappa shape index (κ1) is 13.8. The monoisotopic (exact) mass is 285 g/mol. The Balaban J connectivity index is 1.84. The molecule has 0 radical (unpaired) electrons. The molecule has 0 aliphatic carbocycles. The molecule has 110 valence electrons. The van der Waals surface area contributed by atoms with Crippen molar-refractivity contribution in [2.45, 2.75) is 32.9 Å². The Morgan fingerprint density at radius 1 is 1.29 bits per heavy atom. The third-order valence-electron chi connectivity index (χ3n) is 3.63. The van der Waals surface area contributed by atoms with E-state index in [1.165, 1.54) is 0 Å². The summed E-state index contributed by atoms with van der Waals surface area (Å²) in [5.41, 5.74) is 2.07. The summed E-state index contributed by atoms with van der Waals surface area (Å²) in [5.74, 6) is 2.29. The predicted octanol–water partition coefficient (Wildman–Crippen LogP) is 1.93. The largest absolute Gasteiger partial charge is 0.337 e. The molecule has 0 amide bonds. The summed E-state index contributed by atoms with van der Waals surface area (Å²) in [4.78, 5) is 9.00. The van der Waals surface area contributed by atoms with Gasteiger partial charge in [0.05, 0.1) is 11.0 Å². The maximum atomic E-state index is 5.35. The Hall–Kier alpha value is -2.21. The van der Waals surface area contributed by atoms with E-state index in [1.54, 1.807) is 0 Å². The van der Waals surface area contributed by atoms with E-state index in [1.807, 2.05) is 32.2 Å². The summed E-state index contributed by atoms with van der Waals surface area (Å²) in [7, 11) is 1.92. The predicted molar refractivity (Wildman–Crippen MR) is 80.1 cm³/mol. The van der Waals surface area contributed by atoms with Crippen molar-refractivity contribution in [2.75, 3.05) is 7.05 Å². The molecule has 0 spiro atoms. The molecular formula is C15H19N5O. The second-order valence-corrected chi connectivity index (χ2v) is 5.23. The maximum absolute atomic E-state index is 5.35. The van der Waals surface area contributed by atoms with Gasteiger partial charge in [-0.05, 0) is 33.0 Å². The van der Waals surface area contributed by atoms with Crippen molar-refractivity contribution in [1.29, 1.82) is 0 Å². The van der Waals surface area contributed by atoms with Crippen LogP contribution in [0, 0.1) is 6.92 Å². The highest BCUT2D eigenvalue weighted by molar-refractivity contribution is 5.75. The van der Waals surface area contributed by atoms with Crippen LogP contribution in [0.2, 0.25) is 0 Å². The third-order valence-corrected chi connectivity index (χ3v) is 3.63. The molecule has 0 aliphatic rings. The van der Waals surface area contributed by atoms with Gasteiger partial charge in [-0.2, -0.15) is 4.98 Å².